The molecule has 1 aromatic carbocycles. The Labute approximate surface area is 192 Å². The van der Waals surface area contributed by atoms with Gasteiger partial charge in [-0.3, -0.25) is 4.98 Å². The second-order valence-corrected chi connectivity index (χ2v) is 9.02. The summed E-state index contributed by atoms with van der Waals surface area (Å²) >= 11 is 12.0. The summed E-state index contributed by atoms with van der Waals surface area (Å²) in [7, 11) is 0. The first-order valence-corrected chi connectivity index (χ1v) is 11.5. The van der Waals surface area contributed by atoms with Crippen molar-refractivity contribution < 1.29 is 4.39 Å². The molecule has 0 radical (unpaired) electrons. The lowest BCUT2D eigenvalue weighted by Crippen LogP contribution is -2.40. The topological polar surface area (TPSA) is 33.1 Å². The number of benzene rings is 1. The first-order chi connectivity index (χ1) is 15.1. The van der Waals surface area contributed by atoms with Crippen LogP contribution in [0.1, 0.15) is 55.6 Å². The van der Waals surface area contributed by atoms with Crippen molar-refractivity contribution in [2.45, 2.75) is 50.2 Å². The Balaban J connectivity index is 1.61. The SMILES string of the molecule is Fc1ccc(-n2cccc2[C@H]2[C@@H](c3ccccn3)NC(=S)N2C2CCCCC2)cc1Cl. The van der Waals surface area contributed by atoms with Crippen LogP contribution in [0.2, 0.25) is 5.02 Å². The van der Waals surface area contributed by atoms with Crippen molar-refractivity contribution in [2.75, 3.05) is 0 Å². The predicted octanol–water partition coefficient (Wildman–Crippen LogP) is 5.97. The molecule has 2 aliphatic rings. The molecule has 1 aliphatic heterocycles. The predicted molar refractivity (Wildman–Crippen MR) is 125 cm³/mol. The summed E-state index contributed by atoms with van der Waals surface area (Å²) in [6, 6.07) is 15.2. The van der Waals surface area contributed by atoms with Crippen LogP contribution in [-0.4, -0.2) is 25.6 Å². The minimum Gasteiger partial charge on any atom is -0.352 e. The van der Waals surface area contributed by atoms with Crippen LogP contribution in [-0.2, 0) is 0 Å². The smallest absolute Gasteiger partial charge is 0.170 e. The van der Waals surface area contributed by atoms with Crippen LogP contribution in [0.5, 0.6) is 0 Å². The van der Waals surface area contributed by atoms with Crippen LogP contribution >= 0.6 is 23.8 Å². The van der Waals surface area contributed by atoms with Gasteiger partial charge in [0.25, 0.3) is 0 Å². The van der Waals surface area contributed by atoms with Gasteiger partial charge in [0.15, 0.2) is 5.11 Å². The first-order valence-electron chi connectivity index (χ1n) is 10.8. The quantitative estimate of drug-likeness (QED) is 0.492. The first kappa shape index (κ1) is 20.5. The third-order valence-electron chi connectivity index (χ3n) is 6.37. The fourth-order valence-electron chi connectivity index (χ4n) is 4.94. The fraction of sp³-hybridized carbons (Fsp3) is 0.333. The zero-order chi connectivity index (χ0) is 21.4. The number of thiocarbonyl (C=S) groups is 1. The maximum Gasteiger partial charge on any atom is 0.170 e. The van der Waals surface area contributed by atoms with E-state index in [1.54, 1.807) is 12.1 Å². The molecule has 2 aromatic heterocycles. The number of hydrogen-bond donors (Lipinski definition) is 1. The maximum atomic E-state index is 13.8. The van der Waals surface area contributed by atoms with Crippen LogP contribution in [0.15, 0.2) is 60.9 Å². The molecule has 160 valence electrons. The molecule has 0 amide bonds. The van der Waals surface area contributed by atoms with E-state index in [-0.39, 0.29) is 17.1 Å². The van der Waals surface area contributed by atoms with Crippen molar-refractivity contribution >= 4 is 28.9 Å². The van der Waals surface area contributed by atoms with Gasteiger partial charge in [-0.05, 0) is 67.5 Å². The summed E-state index contributed by atoms with van der Waals surface area (Å²) in [6.07, 6.45) is 9.81. The third-order valence-corrected chi connectivity index (χ3v) is 6.99. The molecular formula is C24H24ClFN4S. The molecule has 3 heterocycles. The van der Waals surface area contributed by atoms with Gasteiger partial charge in [0.2, 0.25) is 0 Å². The zero-order valence-corrected chi connectivity index (χ0v) is 18.6. The number of rotatable bonds is 4. The van der Waals surface area contributed by atoms with E-state index in [9.17, 15) is 4.39 Å². The molecule has 1 N–H and O–H groups in total. The van der Waals surface area contributed by atoms with Crippen molar-refractivity contribution in [2.24, 2.45) is 0 Å². The number of nitrogens with one attached hydrogen (secondary N) is 1. The van der Waals surface area contributed by atoms with Crippen LogP contribution in [0.3, 0.4) is 0 Å². The highest BCUT2D eigenvalue weighted by molar-refractivity contribution is 7.80. The number of hydrogen-bond acceptors (Lipinski definition) is 2. The summed E-state index contributed by atoms with van der Waals surface area (Å²) in [4.78, 5) is 7.01. The molecule has 0 unspecified atom stereocenters. The Morgan fingerprint density at radius 2 is 1.90 bits per heavy atom. The average molecular weight is 455 g/mol. The van der Waals surface area contributed by atoms with Gasteiger partial charge in [0.05, 0.1) is 22.8 Å². The maximum absolute atomic E-state index is 13.8. The van der Waals surface area contributed by atoms with E-state index in [4.69, 9.17) is 23.8 Å². The molecular weight excluding hydrogens is 431 g/mol. The summed E-state index contributed by atoms with van der Waals surface area (Å²) in [5, 5.41) is 4.44. The second kappa shape index (κ2) is 8.60. The van der Waals surface area contributed by atoms with Crippen molar-refractivity contribution in [3.8, 4) is 5.69 Å². The van der Waals surface area contributed by atoms with Gasteiger partial charge in [0.1, 0.15) is 5.82 Å². The Morgan fingerprint density at radius 1 is 1.06 bits per heavy atom. The molecule has 0 bridgehead atoms. The van der Waals surface area contributed by atoms with Gasteiger partial charge in [-0.2, -0.15) is 0 Å². The Hall–Kier alpha value is -2.44. The van der Waals surface area contributed by atoms with Gasteiger partial charge in [-0.25, -0.2) is 4.39 Å². The highest BCUT2D eigenvalue weighted by Gasteiger charge is 2.44. The van der Waals surface area contributed by atoms with Gasteiger partial charge in [-0.1, -0.05) is 36.9 Å². The number of halogens is 2. The Morgan fingerprint density at radius 3 is 2.65 bits per heavy atom. The summed E-state index contributed by atoms with van der Waals surface area (Å²) in [5.41, 5.74) is 2.86. The average Bonchev–Trinajstić information content (AvgIpc) is 3.41. The third kappa shape index (κ3) is 3.83. The molecule has 0 spiro atoms. The minimum absolute atomic E-state index is 0.0238. The van der Waals surface area contributed by atoms with Crippen LogP contribution in [0.4, 0.5) is 4.39 Å². The standard InChI is InChI=1S/C24H24ClFN4S/c25-18-15-17(11-12-19(18)26)29-14-6-10-21(29)23-22(20-9-4-5-13-27-20)28-24(31)30(23)16-7-2-1-3-8-16/h4-6,9-16,22-23H,1-3,7-8H2,(H,28,31)/t22-,23+/m1/s1. The number of pyridine rings is 1. The van der Waals surface area contributed by atoms with E-state index in [2.05, 4.69) is 25.8 Å². The lowest BCUT2D eigenvalue weighted by Gasteiger charge is -2.37. The van der Waals surface area contributed by atoms with E-state index >= 15 is 0 Å². The molecule has 1 saturated carbocycles. The lowest BCUT2D eigenvalue weighted by atomic mass is 9.92. The molecule has 2 fully saturated rings. The molecule has 4 nitrogen and oxygen atoms in total. The molecule has 1 aliphatic carbocycles. The highest BCUT2D eigenvalue weighted by Crippen LogP contribution is 2.43. The minimum atomic E-state index is -0.418. The summed E-state index contributed by atoms with van der Waals surface area (Å²) in [5.74, 6) is -0.418. The Kier molecular flexibility index (Phi) is 5.67. The van der Waals surface area contributed by atoms with E-state index in [1.807, 2.05) is 36.7 Å². The van der Waals surface area contributed by atoms with Crippen LogP contribution in [0.25, 0.3) is 5.69 Å². The van der Waals surface area contributed by atoms with Gasteiger partial charge < -0.3 is 14.8 Å². The van der Waals surface area contributed by atoms with E-state index in [1.165, 1.54) is 25.3 Å². The molecule has 31 heavy (non-hydrogen) atoms. The van der Waals surface area contributed by atoms with Crippen molar-refractivity contribution in [3.63, 3.8) is 0 Å². The van der Waals surface area contributed by atoms with E-state index < -0.39 is 5.82 Å². The van der Waals surface area contributed by atoms with Gasteiger partial charge in [-0.15, -0.1) is 0 Å². The summed E-state index contributed by atoms with van der Waals surface area (Å²) in [6.45, 7) is 0. The lowest BCUT2D eigenvalue weighted by molar-refractivity contribution is 0.193. The van der Waals surface area contributed by atoms with Crippen LogP contribution < -0.4 is 5.32 Å². The van der Waals surface area contributed by atoms with Crippen molar-refractivity contribution in [1.82, 2.24) is 19.8 Å². The molecule has 1 saturated heterocycles. The van der Waals surface area contributed by atoms with Gasteiger partial charge in [0, 0.05) is 29.8 Å². The van der Waals surface area contributed by atoms with E-state index in [0.29, 0.717) is 6.04 Å². The second-order valence-electron chi connectivity index (χ2n) is 8.23. The fourth-order valence-corrected chi connectivity index (χ4v) is 5.50. The highest BCUT2D eigenvalue weighted by atomic mass is 35.5. The van der Waals surface area contributed by atoms with Crippen LogP contribution in [0, 0.1) is 5.82 Å². The van der Waals surface area contributed by atoms with Crippen molar-refractivity contribution in [3.05, 3.63) is 83.2 Å². The van der Waals surface area contributed by atoms with E-state index in [0.717, 1.165) is 35.0 Å². The largest absolute Gasteiger partial charge is 0.352 e. The van der Waals surface area contributed by atoms with Gasteiger partial charge >= 0.3 is 0 Å². The molecule has 7 heteroatoms. The number of nitrogens with zero attached hydrogens (tertiary/aromatic N) is 3. The monoisotopic (exact) mass is 454 g/mol. The molecule has 2 atom stereocenters. The normalized spacial score (nSPS) is 22.0. The number of aromatic nitrogens is 2. The zero-order valence-electron chi connectivity index (χ0n) is 17.0. The van der Waals surface area contributed by atoms with Crippen molar-refractivity contribution in [1.29, 1.82) is 0 Å². The summed E-state index contributed by atoms with van der Waals surface area (Å²) < 4.78 is 15.9. The Bertz CT molecular complexity index is 1080. The molecule has 5 rings (SSSR count). The molecule has 3 aromatic rings.